The third-order valence-electron chi connectivity index (χ3n) is 4.54. The second-order valence-corrected chi connectivity index (χ2v) is 5.87. The predicted molar refractivity (Wildman–Crippen MR) is 76.9 cm³/mol. The van der Waals surface area contributed by atoms with Crippen molar-refractivity contribution >= 4 is 23.7 Å². The van der Waals surface area contributed by atoms with Crippen molar-refractivity contribution in [2.75, 3.05) is 20.3 Å². The Hall–Kier alpha value is -2.18. The normalized spacial score (nSPS) is 30.4. The number of carbonyl (C=O) groups excluding carboxylic acids is 4. The van der Waals surface area contributed by atoms with Crippen LogP contribution in [0.25, 0.3) is 0 Å². The first-order chi connectivity index (χ1) is 10.8. The Kier molecular flexibility index (Phi) is 5.18. The van der Waals surface area contributed by atoms with Gasteiger partial charge in [-0.1, -0.05) is 0 Å². The van der Waals surface area contributed by atoms with Crippen molar-refractivity contribution in [3.63, 3.8) is 0 Å². The van der Waals surface area contributed by atoms with Gasteiger partial charge in [0.2, 0.25) is 0 Å². The highest BCUT2D eigenvalue weighted by atomic mass is 16.5. The molecule has 0 aromatic rings. The lowest BCUT2D eigenvalue weighted by Crippen LogP contribution is -2.36. The van der Waals surface area contributed by atoms with Crippen LogP contribution in [-0.2, 0) is 33.4 Å². The lowest BCUT2D eigenvalue weighted by atomic mass is 9.76. The number of ether oxygens (including phenoxy) is 3. The van der Waals surface area contributed by atoms with E-state index in [1.54, 1.807) is 0 Å². The molecule has 2 fully saturated rings. The molecule has 4 atom stereocenters. The number of rotatable bonds is 5. The highest BCUT2D eigenvalue weighted by Crippen LogP contribution is 2.53. The molecule has 0 aliphatic heterocycles. The summed E-state index contributed by atoms with van der Waals surface area (Å²) < 4.78 is 14.7. The first-order valence-corrected chi connectivity index (χ1v) is 7.45. The monoisotopic (exact) mass is 324 g/mol. The molecule has 2 saturated carbocycles. The Balaban J connectivity index is 2.20. The van der Waals surface area contributed by atoms with Crippen LogP contribution in [0, 0.1) is 23.7 Å². The van der Waals surface area contributed by atoms with E-state index in [4.69, 9.17) is 9.47 Å². The average Bonchev–Trinajstić information content (AvgIpc) is 2.99. The minimum absolute atomic E-state index is 0.111. The maximum Gasteiger partial charge on any atom is 0.330 e. The van der Waals surface area contributed by atoms with Crippen LogP contribution in [0.1, 0.15) is 20.3 Å². The van der Waals surface area contributed by atoms with E-state index in [0.29, 0.717) is 12.0 Å². The van der Waals surface area contributed by atoms with E-state index in [1.165, 1.54) is 27.0 Å². The molecule has 0 radical (unpaired) electrons. The third kappa shape index (κ3) is 3.60. The summed E-state index contributed by atoms with van der Waals surface area (Å²) >= 11 is 0. The van der Waals surface area contributed by atoms with Crippen LogP contribution >= 0.6 is 0 Å². The summed E-state index contributed by atoms with van der Waals surface area (Å²) in [4.78, 5) is 46.0. The van der Waals surface area contributed by atoms with Gasteiger partial charge in [0.1, 0.15) is 0 Å². The Morgan fingerprint density at radius 1 is 1.04 bits per heavy atom. The largest absolute Gasteiger partial charge is 0.466 e. The third-order valence-corrected chi connectivity index (χ3v) is 4.54. The topological polar surface area (TPSA) is 96.0 Å². The Morgan fingerprint density at radius 3 is 2.04 bits per heavy atom. The number of carbonyl (C=O) groups is 4. The molecule has 0 spiro atoms. The van der Waals surface area contributed by atoms with Gasteiger partial charge in [-0.25, -0.2) is 4.79 Å². The van der Waals surface area contributed by atoms with Gasteiger partial charge in [0.15, 0.2) is 5.78 Å². The fourth-order valence-electron chi connectivity index (χ4n) is 3.55. The summed E-state index contributed by atoms with van der Waals surface area (Å²) in [5.74, 6) is -2.40. The molecule has 7 heteroatoms. The molecule has 0 aromatic carbocycles. The van der Waals surface area contributed by atoms with E-state index in [0.717, 1.165) is 0 Å². The lowest BCUT2D eigenvalue weighted by Gasteiger charge is -2.30. The van der Waals surface area contributed by atoms with E-state index in [9.17, 15) is 19.2 Å². The van der Waals surface area contributed by atoms with Crippen molar-refractivity contribution in [1.29, 1.82) is 0 Å². The number of allylic oxidation sites excluding steroid dienone is 1. The molecule has 0 heterocycles. The van der Waals surface area contributed by atoms with Crippen molar-refractivity contribution in [2.45, 2.75) is 20.3 Å². The van der Waals surface area contributed by atoms with Crippen molar-refractivity contribution in [3.05, 3.63) is 11.6 Å². The van der Waals surface area contributed by atoms with E-state index >= 15 is 0 Å². The quantitative estimate of drug-likeness (QED) is 0.416. The van der Waals surface area contributed by atoms with Crippen molar-refractivity contribution in [2.24, 2.45) is 23.7 Å². The summed E-state index contributed by atoms with van der Waals surface area (Å²) in [6.45, 7) is 2.86. The standard InChI is InChI=1S/C16H20O7/c1-8(17)22-6-13-10-4-11(14(13)7-23-9(2)18)16(20)12(10)5-15(19)21-3/h5,10-11,13-14H,4,6-7H2,1-3H3/b12-5-/t10-,11-,13+,14-/m0/s1. The summed E-state index contributed by atoms with van der Waals surface area (Å²) in [5, 5.41) is 0. The molecular formula is C16H20O7. The SMILES string of the molecule is COC(=O)/C=C1\C(=O)[C@H]2C[C@@H]1[C@@H](COC(C)=O)[C@H]2COC(C)=O. The maximum atomic E-state index is 12.4. The second-order valence-electron chi connectivity index (χ2n) is 5.87. The van der Waals surface area contributed by atoms with Gasteiger partial charge in [0.25, 0.3) is 0 Å². The van der Waals surface area contributed by atoms with Crippen molar-refractivity contribution in [1.82, 2.24) is 0 Å². The van der Waals surface area contributed by atoms with E-state index in [2.05, 4.69) is 4.74 Å². The molecule has 0 saturated heterocycles. The molecule has 0 aromatic heterocycles. The van der Waals surface area contributed by atoms with Crippen LogP contribution in [0.2, 0.25) is 0 Å². The molecule has 2 aliphatic rings. The lowest BCUT2D eigenvalue weighted by molar-refractivity contribution is -0.148. The molecule has 2 bridgehead atoms. The van der Waals surface area contributed by atoms with Crippen LogP contribution in [0.15, 0.2) is 11.6 Å². The van der Waals surface area contributed by atoms with Crippen LogP contribution in [-0.4, -0.2) is 44.0 Å². The summed E-state index contributed by atoms with van der Waals surface area (Å²) in [6.07, 6.45) is 1.79. The zero-order valence-corrected chi connectivity index (χ0v) is 13.4. The summed E-state index contributed by atoms with van der Waals surface area (Å²) in [5.41, 5.74) is 0.415. The molecule has 2 aliphatic carbocycles. The van der Waals surface area contributed by atoms with Gasteiger partial charge in [-0.15, -0.1) is 0 Å². The molecule has 23 heavy (non-hydrogen) atoms. The average molecular weight is 324 g/mol. The van der Waals surface area contributed by atoms with Crippen LogP contribution in [0.3, 0.4) is 0 Å². The number of Topliss-reactive ketones (excluding diaryl/α,β-unsaturated/α-hetero) is 1. The fraction of sp³-hybridized carbons (Fsp3) is 0.625. The fourth-order valence-corrected chi connectivity index (χ4v) is 3.55. The van der Waals surface area contributed by atoms with Gasteiger partial charge in [-0.05, 0) is 12.3 Å². The molecule has 0 amide bonds. The first-order valence-electron chi connectivity index (χ1n) is 7.45. The van der Waals surface area contributed by atoms with E-state index in [1.807, 2.05) is 0 Å². The van der Waals surface area contributed by atoms with Gasteiger partial charge >= 0.3 is 17.9 Å². The van der Waals surface area contributed by atoms with Gasteiger partial charge in [-0.3, -0.25) is 14.4 Å². The Labute approximate surface area is 133 Å². The molecular weight excluding hydrogens is 304 g/mol. The highest BCUT2D eigenvalue weighted by molar-refractivity contribution is 6.05. The van der Waals surface area contributed by atoms with Crippen LogP contribution < -0.4 is 0 Å². The summed E-state index contributed by atoms with van der Waals surface area (Å²) in [7, 11) is 1.25. The van der Waals surface area contributed by atoms with Crippen LogP contribution in [0.5, 0.6) is 0 Å². The summed E-state index contributed by atoms with van der Waals surface area (Å²) in [6, 6.07) is 0. The molecule has 0 unspecified atom stereocenters. The van der Waals surface area contributed by atoms with Gasteiger partial charge in [0, 0.05) is 43.3 Å². The molecule has 0 N–H and O–H groups in total. The van der Waals surface area contributed by atoms with Crippen LogP contribution in [0.4, 0.5) is 0 Å². The molecule has 7 nitrogen and oxygen atoms in total. The minimum atomic E-state index is -0.580. The molecule has 126 valence electrons. The minimum Gasteiger partial charge on any atom is -0.466 e. The Morgan fingerprint density at radius 2 is 1.57 bits per heavy atom. The highest BCUT2D eigenvalue weighted by Gasteiger charge is 2.56. The predicted octanol–water partition coefficient (Wildman–Crippen LogP) is 0.663. The van der Waals surface area contributed by atoms with E-state index < -0.39 is 17.9 Å². The number of methoxy groups -OCH3 is 1. The van der Waals surface area contributed by atoms with E-state index in [-0.39, 0.29) is 42.7 Å². The van der Waals surface area contributed by atoms with Crippen molar-refractivity contribution in [3.8, 4) is 0 Å². The Bertz CT molecular complexity index is 563. The second kappa shape index (κ2) is 6.93. The number of esters is 3. The number of hydrogen-bond acceptors (Lipinski definition) is 7. The number of hydrogen-bond donors (Lipinski definition) is 0. The zero-order chi connectivity index (χ0) is 17.1. The number of fused-ring (bicyclic) bond motifs is 2. The smallest absolute Gasteiger partial charge is 0.330 e. The van der Waals surface area contributed by atoms with Gasteiger partial charge in [-0.2, -0.15) is 0 Å². The first kappa shape index (κ1) is 17.2. The van der Waals surface area contributed by atoms with Gasteiger partial charge < -0.3 is 14.2 Å². The molecule has 2 rings (SSSR count). The number of ketones is 1. The van der Waals surface area contributed by atoms with Gasteiger partial charge in [0.05, 0.1) is 20.3 Å². The maximum absolute atomic E-state index is 12.4. The van der Waals surface area contributed by atoms with Crippen molar-refractivity contribution < 1.29 is 33.4 Å². The zero-order valence-electron chi connectivity index (χ0n) is 13.4.